The average Bonchev–Trinajstić information content (AvgIpc) is 2.67. The Morgan fingerprint density at radius 3 is 2.15 bits per heavy atom. The van der Waals surface area contributed by atoms with Crippen molar-refractivity contribution in [1.82, 2.24) is 5.32 Å². The van der Waals surface area contributed by atoms with E-state index in [0.29, 0.717) is 6.02 Å². The molecule has 4 aliphatic carbocycles. The van der Waals surface area contributed by atoms with Crippen LogP contribution < -0.4 is 5.32 Å². The van der Waals surface area contributed by atoms with Crippen LogP contribution in [0.1, 0.15) is 52.4 Å². The lowest BCUT2D eigenvalue weighted by Crippen LogP contribution is -2.50. The van der Waals surface area contributed by atoms with Gasteiger partial charge in [-0.2, -0.15) is 0 Å². The Labute approximate surface area is 120 Å². The van der Waals surface area contributed by atoms with Gasteiger partial charge in [0.2, 0.25) is 0 Å². The SMILES string of the molecule is CC(C)C1OC(=NC23CC4CC(CC(C4)C2)C3)NC1=O. The molecule has 4 saturated carbocycles. The van der Waals surface area contributed by atoms with Crippen LogP contribution in [-0.2, 0) is 9.53 Å². The Kier molecular flexibility index (Phi) is 2.67. The van der Waals surface area contributed by atoms with Gasteiger partial charge in [-0.25, -0.2) is 4.99 Å². The van der Waals surface area contributed by atoms with Crippen molar-refractivity contribution in [2.24, 2.45) is 28.7 Å². The Hall–Kier alpha value is -1.06. The first-order chi connectivity index (χ1) is 9.53. The van der Waals surface area contributed by atoms with Crippen molar-refractivity contribution >= 4 is 11.9 Å². The largest absolute Gasteiger partial charge is 0.451 e. The smallest absolute Gasteiger partial charge is 0.292 e. The van der Waals surface area contributed by atoms with Crippen LogP contribution in [-0.4, -0.2) is 23.6 Å². The van der Waals surface area contributed by atoms with Gasteiger partial charge in [-0.15, -0.1) is 0 Å². The zero-order valence-electron chi connectivity index (χ0n) is 12.4. The van der Waals surface area contributed by atoms with Crippen molar-refractivity contribution in [2.45, 2.75) is 64.0 Å². The van der Waals surface area contributed by atoms with Crippen LogP contribution in [0.15, 0.2) is 4.99 Å². The first kappa shape index (κ1) is 12.7. The van der Waals surface area contributed by atoms with Gasteiger partial charge in [-0.3, -0.25) is 10.1 Å². The highest BCUT2D eigenvalue weighted by molar-refractivity contribution is 6.02. The second kappa shape index (κ2) is 4.22. The number of carbonyl (C=O) groups is 1. The van der Waals surface area contributed by atoms with Crippen LogP contribution in [0.25, 0.3) is 0 Å². The first-order valence-corrected chi connectivity index (χ1v) is 8.10. The summed E-state index contributed by atoms with van der Waals surface area (Å²) in [6.07, 6.45) is 7.47. The van der Waals surface area contributed by atoms with Gasteiger partial charge < -0.3 is 4.74 Å². The predicted molar refractivity (Wildman–Crippen MR) is 76.2 cm³/mol. The molecule has 0 aromatic carbocycles. The van der Waals surface area contributed by atoms with Gasteiger partial charge in [0, 0.05) is 0 Å². The van der Waals surface area contributed by atoms with Crippen LogP contribution in [0.2, 0.25) is 0 Å². The summed E-state index contributed by atoms with van der Waals surface area (Å²) in [6.45, 7) is 4.02. The Morgan fingerprint density at radius 1 is 1.15 bits per heavy atom. The number of aliphatic imine (C=N–C) groups is 1. The fourth-order valence-electron chi connectivity index (χ4n) is 5.29. The van der Waals surface area contributed by atoms with E-state index in [0.717, 1.165) is 17.8 Å². The third-order valence-electron chi connectivity index (χ3n) is 5.68. The summed E-state index contributed by atoms with van der Waals surface area (Å²) in [4.78, 5) is 16.8. The fourth-order valence-corrected chi connectivity index (χ4v) is 5.29. The van der Waals surface area contributed by atoms with Crippen LogP contribution >= 0.6 is 0 Å². The van der Waals surface area contributed by atoms with E-state index in [-0.39, 0.29) is 23.5 Å². The van der Waals surface area contributed by atoms with Gasteiger partial charge in [0.05, 0.1) is 5.54 Å². The van der Waals surface area contributed by atoms with E-state index in [2.05, 4.69) is 5.32 Å². The molecule has 0 aromatic heterocycles. The van der Waals surface area contributed by atoms with Crippen molar-refractivity contribution in [3.05, 3.63) is 0 Å². The van der Waals surface area contributed by atoms with Crippen molar-refractivity contribution in [2.75, 3.05) is 0 Å². The third-order valence-corrected chi connectivity index (χ3v) is 5.68. The first-order valence-electron chi connectivity index (χ1n) is 8.10. The number of hydrogen-bond acceptors (Lipinski definition) is 3. The minimum atomic E-state index is -0.359. The lowest BCUT2D eigenvalue weighted by atomic mass is 9.53. The lowest BCUT2D eigenvalue weighted by molar-refractivity contribution is -0.124. The van der Waals surface area contributed by atoms with Crippen molar-refractivity contribution in [3.8, 4) is 0 Å². The molecule has 1 N–H and O–H groups in total. The van der Waals surface area contributed by atoms with Gasteiger partial charge in [0.1, 0.15) is 0 Å². The Bertz CT molecular complexity index is 434. The van der Waals surface area contributed by atoms with Crippen LogP contribution in [0, 0.1) is 23.7 Å². The second-order valence-corrected chi connectivity index (χ2v) is 7.83. The van der Waals surface area contributed by atoms with E-state index < -0.39 is 0 Å². The Morgan fingerprint density at radius 2 is 1.70 bits per heavy atom. The summed E-state index contributed by atoms with van der Waals surface area (Å²) >= 11 is 0. The van der Waals surface area contributed by atoms with E-state index in [4.69, 9.17) is 9.73 Å². The molecule has 5 rings (SSSR count). The van der Waals surface area contributed by atoms with Crippen molar-refractivity contribution < 1.29 is 9.53 Å². The number of amides is 1. The molecule has 0 aromatic rings. The Balaban J connectivity index is 1.57. The molecule has 1 saturated heterocycles. The van der Waals surface area contributed by atoms with E-state index in [9.17, 15) is 4.79 Å². The topological polar surface area (TPSA) is 50.7 Å². The molecule has 20 heavy (non-hydrogen) atoms. The third kappa shape index (κ3) is 1.95. The highest BCUT2D eigenvalue weighted by Crippen LogP contribution is 2.57. The predicted octanol–water partition coefficient (Wildman–Crippen LogP) is 2.48. The fraction of sp³-hybridized carbons (Fsp3) is 0.875. The van der Waals surface area contributed by atoms with Gasteiger partial charge in [0.15, 0.2) is 6.10 Å². The van der Waals surface area contributed by atoms with Crippen molar-refractivity contribution in [1.29, 1.82) is 0 Å². The zero-order chi connectivity index (χ0) is 13.9. The molecule has 4 bridgehead atoms. The summed E-state index contributed by atoms with van der Waals surface area (Å²) in [6, 6.07) is 0.496. The molecular formula is C16H24N2O2. The minimum Gasteiger partial charge on any atom is -0.451 e. The number of ether oxygens (including phenoxy) is 1. The molecule has 110 valence electrons. The molecular weight excluding hydrogens is 252 g/mol. The molecule has 1 amide bonds. The average molecular weight is 276 g/mol. The summed E-state index contributed by atoms with van der Waals surface area (Å²) in [5.41, 5.74) is 0.0727. The van der Waals surface area contributed by atoms with Gasteiger partial charge in [0.25, 0.3) is 11.9 Å². The van der Waals surface area contributed by atoms with Crippen LogP contribution in [0.4, 0.5) is 0 Å². The quantitative estimate of drug-likeness (QED) is 0.842. The van der Waals surface area contributed by atoms with Gasteiger partial charge in [-0.1, -0.05) is 13.8 Å². The molecule has 4 nitrogen and oxygen atoms in total. The van der Waals surface area contributed by atoms with E-state index >= 15 is 0 Å². The maximum Gasteiger partial charge on any atom is 0.292 e. The van der Waals surface area contributed by atoms with E-state index in [1.54, 1.807) is 0 Å². The summed E-state index contributed by atoms with van der Waals surface area (Å²) < 4.78 is 5.76. The lowest BCUT2D eigenvalue weighted by Gasteiger charge is -2.54. The molecule has 4 heteroatoms. The maximum absolute atomic E-state index is 11.9. The molecule has 5 fully saturated rings. The molecule has 1 aliphatic heterocycles. The number of rotatable bonds is 2. The molecule has 0 radical (unpaired) electrons. The highest BCUT2D eigenvalue weighted by Gasteiger charge is 2.51. The maximum atomic E-state index is 11.9. The van der Waals surface area contributed by atoms with E-state index in [1.807, 2.05) is 13.8 Å². The highest BCUT2D eigenvalue weighted by atomic mass is 16.5. The standard InChI is InChI=1S/C16H24N2O2/c1-9(2)13-14(19)17-15(20-13)18-16-6-10-3-11(7-16)5-12(4-10)8-16/h9-13H,3-8H2,1-2H3,(H,17,18,19). The summed E-state index contributed by atoms with van der Waals surface area (Å²) in [7, 11) is 0. The van der Waals surface area contributed by atoms with Crippen molar-refractivity contribution in [3.63, 3.8) is 0 Å². The monoisotopic (exact) mass is 276 g/mol. The summed E-state index contributed by atoms with van der Waals surface area (Å²) in [5.74, 6) is 2.76. The van der Waals surface area contributed by atoms with E-state index in [1.165, 1.54) is 38.5 Å². The molecule has 1 unspecified atom stereocenters. The molecule has 5 aliphatic rings. The second-order valence-electron chi connectivity index (χ2n) is 7.83. The number of amidine groups is 1. The number of carbonyl (C=O) groups excluding carboxylic acids is 1. The van der Waals surface area contributed by atoms with Gasteiger partial charge in [-0.05, 0) is 62.2 Å². The number of nitrogens with one attached hydrogen (secondary N) is 1. The molecule has 1 atom stereocenters. The zero-order valence-corrected chi connectivity index (χ0v) is 12.4. The normalized spacial score (nSPS) is 48.0. The molecule has 1 heterocycles. The van der Waals surface area contributed by atoms with Gasteiger partial charge >= 0.3 is 0 Å². The van der Waals surface area contributed by atoms with Crippen LogP contribution in [0.5, 0.6) is 0 Å². The van der Waals surface area contributed by atoms with Crippen LogP contribution in [0.3, 0.4) is 0 Å². The number of hydrogen-bond donors (Lipinski definition) is 1. The number of nitrogens with zero attached hydrogens (tertiary/aromatic N) is 1. The molecule has 0 spiro atoms. The summed E-state index contributed by atoms with van der Waals surface area (Å²) in [5, 5.41) is 2.85. The minimum absolute atomic E-state index is 0.0246.